The molecule has 0 saturated carbocycles. The minimum atomic E-state index is -3.59. The fraction of sp³-hybridized carbons (Fsp3) is 0.429. The number of rotatable bonds is 3. The third-order valence-corrected chi connectivity index (χ3v) is 5.11. The van der Waals surface area contributed by atoms with Crippen LogP contribution in [0.4, 0.5) is 4.39 Å². The van der Waals surface area contributed by atoms with Crippen molar-refractivity contribution in [1.29, 1.82) is 0 Å². The van der Waals surface area contributed by atoms with E-state index >= 15 is 0 Å². The van der Waals surface area contributed by atoms with Crippen molar-refractivity contribution in [2.75, 3.05) is 0 Å². The molecular formula is C14H18FNO2S. The van der Waals surface area contributed by atoms with Crippen molar-refractivity contribution in [2.45, 2.75) is 44.0 Å². The number of aryl methyl sites for hydroxylation is 2. The zero-order valence-electron chi connectivity index (χ0n) is 11.1. The van der Waals surface area contributed by atoms with Gasteiger partial charge in [0.25, 0.3) is 0 Å². The van der Waals surface area contributed by atoms with Gasteiger partial charge in [-0.25, -0.2) is 17.5 Å². The first-order valence-electron chi connectivity index (χ1n) is 6.34. The van der Waals surface area contributed by atoms with Gasteiger partial charge in [0.1, 0.15) is 5.82 Å². The Morgan fingerprint density at radius 3 is 2.37 bits per heavy atom. The average Bonchev–Trinajstić information content (AvgIpc) is 2.27. The van der Waals surface area contributed by atoms with Gasteiger partial charge in [-0.05, 0) is 56.4 Å². The number of allylic oxidation sites excluding steroid dienone is 1. The summed E-state index contributed by atoms with van der Waals surface area (Å²) in [5.41, 5.74) is 0.882. The molecule has 0 spiro atoms. The van der Waals surface area contributed by atoms with Gasteiger partial charge in [-0.1, -0.05) is 12.2 Å². The van der Waals surface area contributed by atoms with Gasteiger partial charge in [0.05, 0.1) is 4.90 Å². The maximum atomic E-state index is 13.2. The summed E-state index contributed by atoms with van der Waals surface area (Å²) in [7, 11) is -3.59. The Morgan fingerprint density at radius 2 is 1.84 bits per heavy atom. The van der Waals surface area contributed by atoms with Crippen LogP contribution in [0, 0.1) is 19.7 Å². The topological polar surface area (TPSA) is 46.2 Å². The summed E-state index contributed by atoms with van der Waals surface area (Å²) in [5, 5.41) is 0. The van der Waals surface area contributed by atoms with Crippen LogP contribution in [0.5, 0.6) is 0 Å². The normalized spacial score (nSPS) is 19.6. The first-order chi connectivity index (χ1) is 8.90. The number of hydrogen-bond donors (Lipinski definition) is 1. The lowest BCUT2D eigenvalue weighted by Crippen LogP contribution is -2.36. The molecule has 1 atom stereocenters. The third kappa shape index (κ3) is 3.22. The van der Waals surface area contributed by atoms with Gasteiger partial charge in [-0.3, -0.25) is 0 Å². The molecular weight excluding hydrogens is 265 g/mol. The molecule has 5 heteroatoms. The summed E-state index contributed by atoms with van der Waals surface area (Å²) in [5.74, 6) is -0.408. The Hall–Kier alpha value is -1.20. The lowest BCUT2D eigenvalue weighted by atomic mass is 10.0. The van der Waals surface area contributed by atoms with Crippen LogP contribution in [0.15, 0.2) is 29.2 Å². The minimum Gasteiger partial charge on any atom is -0.208 e. The smallest absolute Gasteiger partial charge is 0.208 e. The molecule has 0 amide bonds. The molecule has 0 heterocycles. The Kier molecular flexibility index (Phi) is 4.06. The fourth-order valence-corrected chi connectivity index (χ4v) is 4.24. The van der Waals surface area contributed by atoms with Crippen molar-refractivity contribution >= 4 is 10.0 Å². The van der Waals surface area contributed by atoms with Gasteiger partial charge in [-0.15, -0.1) is 0 Å². The predicted molar refractivity (Wildman–Crippen MR) is 73.0 cm³/mol. The minimum absolute atomic E-state index is 0.0705. The molecule has 2 rings (SSSR count). The van der Waals surface area contributed by atoms with Crippen LogP contribution in [0.1, 0.15) is 30.4 Å². The molecule has 0 fully saturated rings. The van der Waals surface area contributed by atoms with Crippen molar-refractivity contribution in [1.82, 2.24) is 4.72 Å². The molecule has 0 aromatic heterocycles. The van der Waals surface area contributed by atoms with Gasteiger partial charge in [-0.2, -0.15) is 0 Å². The highest BCUT2D eigenvalue weighted by Crippen LogP contribution is 2.23. The maximum absolute atomic E-state index is 13.2. The monoisotopic (exact) mass is 283 g/mol. The highest BCUT2D eigenvalue weighted by atomic mass is 32.2. The Morgan fingerprint density at radius 1 is 1.21 bits per heavy atom. The van der Waals surface area contributed by atoms with E-state index in [1.807, 2.05) is 6.08 Å². The molecule has 1 aliphatic carbocycles. The molecule has 0 aliphatic heterocycles. The zero-order chi connectivity index (χ0) is 14.0. The summed E-state index contributed by atoms with van der Waals surface area (Å²) < 4.78 is 40.7. The third-order valence-electron chi connectivity index (χ3n) is 3.28. The van der Waals surface area contributed by atoms with E-state index in [4.69, 9.17) is 0 Å². The molecule has 0 saturated heterocycles. The Labute approximate surface area is 113 Å². The number of sulfonamides is 1. The van der Waals surface area contributed by atoms with Gasteiger partial charge in [0, 0.05) is 6.04 Å². The van der Waals surface area contributed by atoms with Crippen LogP contribution in [0.25, 0.3) is 0 Å². The quantitative estimate of drug-likeness (QED) is 0.867. The molecule has 0 bridgehead atoms. The molecule has 1 aliphatic rings. The highest BCUT2D eigenvalue weighted by Gasteiger charge is 2.24. The Balaban J connectivity index is 2.32. The molecule has 0 radical (unpaired) electrons. The van der Waals surface area contributed by atoms with Gasteiger partial charge in [0.2, 0.25) is 10.0 Å². The molecule has 3 nitrogen and oxygen atoms in total. The highest BCUT2D eigenvalue weighted by molar-refractivity contribution is 7.89. The first kappa shape index (κ1) is 14.2. The second-order valence-electron chi connectivity index (χ2n) is 4.97. The summed E-state index contributed by atoms with van der Waals surface area (Å²) in [6, 6.07) is 2.43. The van der Waals surface area contributed by atoms with E-state index in [0.717, 1.165) is 12.8 Å². The second kappa shape index (κ2) is 5.43. The van der Waals surface area contributed by atoms with Crippen molar-refractivity contribution in [3.05, 3.63) is 41.2 Å². The fourth-order valence-electron chi connectivity index (χ4n) is 2.50. The van der Waals surface area contributed by atoms with Gasteiger partial charge >= 0.3 is 0 Å². The second-order valence-corrected chi connectivity index (χ2v) is 6.62. The van der Waals surface area contributed by atoms with E-state index in [2.05, 4.69) is 10.8 Å². The van der Waals surface area contributed by atoms with E-state index in [-0.39, 0.29) is 10.9 Å². The summed E-state index contributed by atoms with van der Waals surface area (Å²) in [6.07, 6.45) is 6.43. The van der Waals surface area contributed by atoms with E-state index < -0.39 is 15.8 Å². The Bertz CT molecular complexity index is 585. The van der Waals surface area contributed by atoms with Crippen molar-refractivity contribution in [2.24, 2.45) is 0 Å². The van der Waals surface area contributed by atoms with Crippen LogP contribution in [0.3, 0.4) is 0 Å². The van der Waals surface area contributed by atoms with Crippen LogP contribution < -0.4 is 4.72 Å². The van der Waals surface area contributed by atoms with E-state index in [1.54, 1.807) is 13.8 Å². The molecule has 19 heavy (non-hydrogen) atoms. The molecule has 1 N–H and O–H groups in total. The molecule has 1 aromatic rings. The van der Waals surface area contributed by atoms with Crippen LogP contribution in [0.2, 0.25) is 0 Å². The molecule has 1 aromatic carbocycles. The number of halogens is 1. The van der Waals surface area contributed by atoms with Gasteiger partial charge in [0.15, 0.2) is 0 Å². The van der Waals surface area contributed by atoms with E-state index in [0.29, 0.717) is 17.5 Å². The number of nitrogens with one attached hydrogen (secondary N) is 1. The van der Waals surface area contributed by atoms with Crippen LogP contribution in [-0.4, -0.2) is 14.5 Å². The first-order valence-corrected chi connectivity index (χ1v) is 7.82. The van der Waals surface area contributed by atoms with E-state index in [9.17, 15) is 12.8 Å². The van der Waals surface area contributed by atoms with Crippen molar-refractivity contribution < 1.29 is 12.8 Å². The summed E-state index contributed by atoms with van der Waals surface area (Å²) >= 11 is 0. The summed E-state index contributed by atoms with van der Waals surface area (Å²) in [6.45, 7) is 3.23. The predicted octanol–water partition coefficient (Wildman–Crippen LogP) is 2.83. The summed E-state index contributed by atoms with van der Waals surface area (Å²) in [4.78, 5) is 0.198. The average molecular weight is 283 g/mol. The standard InChI is InChI=1S/C14H18FNO2S/c1-10-8-12(15)9-11(2)14(10)19(17,18)16-13-6-4-3-5-7-13/h3-4,8-9,13,16H,5-7H2,1-2H3. The lowest BCUT2D eigenvalue weighted by molar-refractivity contribution is 0.521. The van der Waals surface area contributed by atoms with Gasteiger partial charge < -0.3 is 0 Å². The molecule has 104 valence electrons. The maximum Gasteiger partial charge on any atom is 0.241 e. The number of hydrogen-bond acceptors (Lipinski definition) is 2. The van der Waals surface area contributed by atoms with Crippen molar-refractivity contribution in [3.8, 4) is 0 Å². The van der Waals surface area contributed by atoms with Crippen LogP contribution in [-0.2, 0) is 10.0 Å². The zero-order valence-corrected chi connectivity index (χ0v) is 11.9. The molecule has 1 unspecified atom stereocenters. The largest absolute Gasteiger partial charge is 0.241 e. The van der Waals surface area contributed by atoms with Crippen molar-refractivity contribution in [3.63, 3.8) is 0 Å². The van der Waals surface area contributed by atoms with Crippen LogP contribution >= 0.6 is 0 Å². The number of benzene rings is 1. The SMILES string of the molecule is Cc1cc(F)cc(C)c1S(=O)(=O)NC1CC=CCC1. The lowest BCUT2D eigenvalue weighted by Gasteiger charge is -2.21. The van der Waals surface area contributed by atoms with E-state index in [1.165, 1.54) is 12.1 Å².